The van der Waals surface area contributed by atoms with E-state index in [2.05, 4.69) is 42.2 Å². The second-order valence-corrected chi connectivity index (χ2v) is 6.59. The molecule has 0 aliphatic rings. The molecular weight excluding hydrogens is 281 g/mol. The Hall–Kier alpha value is -0.800. The van der Waals surface area contributed by atoms with Crippen LogP contribution in [0, 0.1) is 11.3 Å². The monoisotopic (exact) mass is 299 g/mol. The van der Waals surface area contributed by atoms with E-state index in [1.165, 1.54) is 0 Å². The molecule has 0 N–H and O–H groups in total. The van der Waals surface area contributed by atoms with Crippen molar-refractivity contribution in [1.29, 1.82) is 0 Å². The summed E-state index contributed by atoms with van der Waals surface area (Å²) in [6, 6.07) is 1.83. The molecule has 0 spiro atoms. The van der Waals surface area contributed by atoms with Crippen LogP contribution >= 0.6 is 23.2 Å². The molecule has 0 saturated heterocycles. The van der Waals surface area contributed by atoms with Gasteiger partial charge in [-0.2, -0.15) is 0 Å². The fraction of sp³-hybridized carbons (Fsp3) is 0.571. The van der Waals surface area contributed by atoms with E-state index in [-0.39, 0.29) is 5.41 Å². The summed E-state index contributed by atoms with van der Waals surface area (Å²) in [7, 11) is 0. The van der Waals surface area contributed by atoms with Gasteiger partial charge in [0.25, 0.3) is 0 Å². The van der Waals surface area contributed by atoms with Gasteiger partial charge in [-0.3, -0.25) is 0 Å². The van der Waals surface area contributed by atoms with Crippen LogP contribution < -0.4 is 0 Å². The Morgan fingerprint density at radius 3 is 2.63 bits per heavy atom. The van der Waals surface area contributed by atoms with Crippen molar-refractivity contribution in [2.24, 2.45) is 11.3 Å². The Balaban J connectivity index is 2.52. The third-order valence-corrected chi connectivity index (χ3v) is 4.32. The molecule has 2 aromatic rings. The van der Waals surface area contributed by atoms with Crippen molar-refractivity contribution in [3.63, 3.8) is 0 Å². The van der Waals surface area contributed by atoms with Gasteiger partial charge in [0.2, 0.25) is 0 Å². The normalized spacial score (nSPS) is 12.6. The van der Waals surface area contributed by atoms with E-state index in [0.29, 0.717) is 16.8 Å². The first-order chi connectivity index (χ1) is 8.85. The standard InChI is InChI=1S/C14H19Cl2N3/c1-9(2)14(3,4)8-19-12(6-15)18-11-5-10(16)7-17-13(11)19/h5,7,9H,6,8H2,1-4H3. The zero-order valence-corrected chi connectivity index (χ0v) is 13.3. The number of halogens is 2. The Morgan fingerprint density at radius 2 is 2.05 bits per heavy atom. The molecule has 0 aliphatic heterocycles. The largest absolute Gasteiger partial charge is 0.311 e. The molecule has 0 atom stereocenters. The number of imidazole rings is 1. The molecule has 0 amide bonds. The van der Waals surface area contributed by atoms with Crippen LogP contribution in [-0.2, 0) is 12.4 Å². The molecule has 0 aromatic carbocycles. The molecule has 2 rings (SSSR count). The minimum absolute atomic E-state index is 0.149. The zero-order chi connectivity index (χ0) is 14.2. The van der Waals surface area contributed by atoms with Crippen molar-refractivity contribution < 1.29 is 0 Å². The van der Waals surface area contributed by atoms with Gasteiger partial charge < -0.3 is 4.57 Å². The maximum Gasteiger partial charge on any atom is 0.160 e. The highest BCUT2D eigenvalue weighted by Gasteiger charge is 2.25. The van der Waals surface area contributed by atoms with Crippen molar-refractivity contribution in [2.45, 2.75) is 40.1 Å². The lowest BCUT2D eigenvalue weighted by molar-refractivity contribution is 0.210. The van der Waals surface area contributed by atoms with E-state index < -0.39 is 0 Å². The van der Waals surface area contributed by atoms with Crippen LogP contribution in [0.3, 0.4) is 0 Å². The molecule has 19 heavy (non-hydrogen) atoms. The van der Waals surface area contributed by atoms with E-state index in [9.17, 15) is 0 Å². The molecule has 0 aliphatic carbocycles. The van der Waals surface area contributed by atoms with E-state index in [0.717, 1.165) is 23.5 Å². The molecule has 2 heterocycles. The van der Waals surface area contributed by atoms with Crippen molar-refractivity contribution >= 4 is 34.4 Å². The van der Waals surface area contributed by atoms with Gasteiger partial charge >= 0.3 is 0 Å². The fourth-order valence-corrected chi connectivity index (χ4v) is 2.25. The summed E-state index contributed by atoms with van der Waals surface area (Å²) in [6.07, 6.45) is 1.66. The van der Waals surface area contributed by atoms with Crippen molar-refractivity contribution in [2.75, 3.05) is 0 Å². The molecule has 0 unspecified atom stereocenters. The fourth-order valence-electron chi connectivity index (χ4n) is 1.89. The predicted octanol–water partition coefficient (Wildman–Crippen LogP) is 4.51. The minimum atomic E-state index is 0.149. The summed E-state index contributed by atoms with van der Waals surface area (Å²) in [5, 5.41) is 0.599. The average molecular weight is 300 g/mol. The quantitative estimate of drug-likeness (QED) is 0.778. The molecule has 0 fully saturated rings. The first-order valence-corrected chi connectivity index (χ1v) is 7.33. The number of aromatic nitrogens is 3. The van der Waals surface area contributed by atoms with Crippen LogP contribution in [0.4, 0.5) is 0 Å². The van der Waals surface area contributed by atoms with Crippen LogP contribution in [-0.4, -0.2) is 14.5 Å². The first kappa shape index (κ1) is 14.6. The zero-order valence-electron chi connectivity index (χ0n) is 11.7. The Labute approximate surface area is 123 Å². The summed E-state index contributed by atoms with van der Waals surface area (Å²) in [5.41, 5.74) is 1.81. The molecule has 0 saturated carbocycles. The molecule has 3 nitrogen and oxygen atoms in total. The van der Waals surface area contributed by atoms with Gasteiger partial charge in [-0.1, -0.05) is 39.3 Å². The Morgan fingerprint density at radius 1 is 1.37 bits per heavy atom. The van der Waals surface area contributed by atoms with Gasteiger partial charge in [0.15, 0.2) is 5.65 Å². The maximum atomic E-state index is 6.01. The second-order valence-electron chi connectivity index (χ2n) is 5.89. The van der Waals surface area contributed by atoms with Crippen LogP contribution in [0.5, 0.6) is 0 Å². The topological polar surface area (TPSA) is 30.7 Å². The van der Waals surface area contributed by atoms with Crippen molar-refractivity contribution in [3.05, 3.63) is 23.1 Å². The van der Waals surface area contributed by atoms with Gasteiger partial charge in [-0.05, 0) is 17.4 Å². The number of fused-ring (bicyclic) bond motifs is 1. The van der Waals surface area contributed by atoms with E-state index >= 15 is 0 Å². The first-order valence-electron chi connectivity index (χ1n) is 6.42. The third kappa shape index (κ3) is 2.87. The lowest BCUT2D eigenvalue weighted by atomic mass is 9.81. The van der Waals surface area contributed by atoms with Crippen molar-refractivity contribution in [3.8, 4) is 0 Å². The highest BCUT2D eigenvalue weighted by Crippen LogP contribution is 2.30. The number of pyridine rings is 1. The third-order valence-electron chi connectivity index (χ3n) is 3.88. The van der Waals surface area contributed by atoms with E-state index in [1.54, 1.807) is 6.20 Å². The highest BCUT2D eigenvalue weighted by molar-refractivity contribution is 6.31. The SMILES string of the molecule is CC(C)C(C)(C)Cn1c(CCl)nc2cc(Cl)cnc21. The van der Waals surface area contributed by atoms with Crippen molar-refractivity contribution in [1.82, 2.24) is 14.5 Å². The van der Waals surface area contributed by atoms with Gasteiger partial charge in [0.1, 0.15) is 11.3 Å². The molecular formula is C14H19Cl2N3. The van der Waals surface area contributed by atoms with E-state index in [4.69, 9.17) is 23.2 Å². The number of alkyl halides is 1. The Bertz CT molecular complexity index is 588. The van der Waals surface area contributed by atoms with Gasteiger partial charge in [0.05, 0.1) is 10.9 Å². The minimum Gasteiger partial charge on any atom is -0.311 e. The lowest BCUT2D eigenvalue weighted by Crippen LogP contribution is -2.26. The van der Waals surface area contributed by atoms with Gasteiger partial charge in [-0.15, -0.1) is 11.6 Å². The molecule has 104 valence electrons. The average Bonchev–Trinajstić information content (AvgIpc) is 2.65. The summed E-state index contributed by atoms with van der Waals surface area (Å²) in [6.45, 7) is 9.79. The number of hydrogen-bond acceptors (Lipinski definition) is 2. The van der Waals surface area contributed by atoms with Crippen LogP contribution in [0.1, 0.15) is 33.5 Å². The summed E-state index contributed by atoms with van der Waals surface area (Å²) >= 11 is 12.0. The smallest absolute Gasteiger partial charge is 0.160 e. The Kier molecular flexibility index (Phi) is 4.07. The van der Waals surface area contributed by atoms with E-state index in [1.807, 2.05) is 6.07 Å². The maximum absolute atomic E-state index is 6.01. The predicted molar refractivity (Wildman–Crippen MR) is 80.7 cm³/mol. The summed E-state index contributed by atoms with van der Waals surface area (Å²) < 4.78 is 2.11. The van der Waals surface area contributed by atoms with Gasteiger partial charge in [-0.25, -0.2) is 9.97 Å². The van der Waals surface area contributed by atoms with Crippen LogP contribution in [0.2, 0.25) is 5.02 Å². The highest BCUT2D eigenvalue weighted by atomic mass is 35.5. The summed E-state index contributed by atoms with van der Waals surface area (Å²) in [5.74, 6) is 1.78. The lowest BCUT2D eigenvalue weighted by Gasteiger charge is -2.30. The van der Waals surface area contributed by atoms with Crippen LogP contribution in [0.25, 0.3) is 11.2 Å². The second kappa shape index (κ2) is 5.29. The molecule has 0 bridgehead atoms. The van der Waals surface area contributed by atoms with Crippen LogP contribution in [0.15, 0.2) is 12.3 Å². The molecule has 5 heteroatoms. The number of rotatable bonds is 4. The molecule has 0 radical (unpaired) electrons. The number of nitrogens with zero attached hydrogens (tertiary/aromatic N) is 3. The molecule has 2 aromatic heterocycles. The van der Waals surface area contributed by atoms with Gasteiger partial charge in [0, 0.05) is 12.7 Å². The summed E-state index contributed by atoms with van der Waals surface area (Å²) in [4.78, 5) is 8.92. The number of hydrogen-bond donors (Lipinski definition) is 0.